The number of hydrogen-bond donors (Lipinski definition) is 2. The first-order valence-corrected chi connectivity index (χ1v) is 7.34. The topological polar surface area (TPSA) is 95.8 Å². The van der Waals surface area contributed by atoms with Crippen LogP contribution < -0.4 is 0 Å². The van der Waals surface area contributed by atoms with Crippen LogP contribution in [0.15, 0.2) is 0 Å². The van der Waals surface area contributed by atoms with Crippen molar-refractivity contribution in [2.24, 2.45) is 0 Å². The molecule has 0 saturated carbocycles. The molecule has 0 radical (unpaired) electrons. The van der Waals surface area contributed by atoms with Crippen molar-refractivity contribution in [3.05, 3.63) is 0 Å². The SMILES string of the molecule is COCCOCCOCCOC.OCCOCCOCCO. The maximum atomic E-state index is 8.26. The Balaban J connectivity index is 0. The molecule has 0 bridgehead atoms. The van der Waals surface area contributed by atoms with Crippen molar-refractivity contribution in [3.63, 3.8) is 0 Å². The molecule has 8 heteroatoms. The van der Waals surface area contributed by atoms with Gasteiger partial charge in [-0.25, -0.2) is 0 Å². The summed E-state index contributed by atoms with van der Waals surface area (Å²) < 4.78 is 29.7. The first-order valence-electron chi connectivity index (χ1n) is 7.34. The second kappa shape index (κ2) is 25.6. The molecule has 0 amide bonds. The zero-order chi connectivity index (χ0) is 16.7. The first kappa shape index (κ1) is 23.9. The van der Waals surface area contributed by atoms with Gasteiger partial charge in [-0.3, -0.25) is 0 Å². The minimum absolute atomic E-state index is 0.0417. The Bertz CT molecular complexity index is 153. The summed E-state index contributed by atoms with van der Waals surface area (Å²) in [7, 11) is 3.30. The lowest BCUT2D eigenvalue weighted by atomic mass is 10.7. The number of rotatable bonds is 16. The normalized spacial score (nSPS) is 10.4. The van der Waals surface area contributed by atoms with Crippen molar-refractivity contribution in [3.8, 4) is 0 Å². The lowest BCUT2D eigenvalue weighted by Crippen LogP contribution is -2.10. The molecule has 8 nitrogen and oxygen atoms in total. The number of ether oxygens (including phenoxy) is 6. The fraction of sp³-hybridized carbons (Fsp3) is 1.00. The van der Waals surface area contributed by atoms with E-state index in [1.807, 2.05) is 0 Å². The van der Waals surface area contributed by atoms with Crippen molar-refractivity contribution in [1.82, 2.24) is 0 Å². The van der Waals surface area contributed by atoms with Crippen LogP contribution in [0.3, 0.4) is 0 Å². The van der Waals surface area contributed by atoms with Crippen molar-refractivity contribution in [2.75, 3.05) is 93.5 Å². The third-order valence-corrected chi connectivity index (χ3v) is 2.08. The summed E-state index contributed by atoms with van der Waals surface area (Å²) in [5.41, 5.74) is 0. The molecule has 0 aromatic heterocycles. The van der Waals surface area contributed by atoms with Crippen molar-refractivity contribution < 1.29 is 38.6 Å². The Kier molecular flexibility index (Phi) is 27.9. The summed E-state index contributed by atoms with van der Waals surface area (Å²) in [5.74, 6) is 0. The summed E-state index contributed by atoms with van der Waals surface area (Å²) >= 11 is 0. The zero-order valence-corrected chi connectivity index (χ0v) is 13.8. The predicted octanol–water partition coefficient (Wildman–Crippen LogP) is -0.683. The van der Waals surface area contributed by atoms with Gasteiger partial charge in [0.25, 0.3) is 0 Å². The molecule has 0 heterocycles. The molecule has 0 rings (SSSR count). The molecular weight excluding hydrogens is 296 g/mol. The van der Waals surface area contributed by atoms with E-state index in [1.165, 1.54) is 0 Å². The maximum absolute atomic E-state index is 8.26. The van der Waals surface area contributed by atoms with Crippen LogP contribution in [0.4, 0.5) is 0 Å². The van der Waals surface area contributed by atoms with E-state index in [0.29, 0.717) is 66.1 Å². The van der Waals surface area contributed by atoms with Gasteiger partial charge in [-0.1, -0.05) is 0 Å². The highest BCUT2D eigenvalue weighted by atomic mass is 16.6. The van der Waals surface area contributed by atoms with Crippen LogP contribution in [0.1, 0.15) is 0 Å². The summed E-state index contributed by atoms with van der Waals surface area (Å²) in [5, 5.41) is 16.5. The molecule has 0 aromatic carbocycles. The third kappa shape index (κ3) is 27.9. The Hall–Kier alpha value is -0.320. The molecule has 0 saturated heterocycles. The summed E-state index contributed by atoms with van der Waals surface area (Å²) in [4.78, 5) is 0. The summed E-state index contributed by atoms with van der Waals surface area (Å²) in [6.45, 7) is 5.50. The van der Waals surface area contributed by atoms with Gasteiger partial charge in [0.15, 0.2) is 0 Å². The average molecular weight is 328 g/mol. The molecular formula is C14H32O8. The fourth-order valence-corrected chi connectivity index (χ4v) is 1.06. The van der Waals surface area contributed by atoms with Gasteiger partial charge in [0.1, 0.15) is 0 Å². The largest absolute Gasteiger partial charge is 0.394 e. The summed E-state index contributed by atoms with van der Waals surface area (Å²) in [6, 6.07) is 0. The highest BCUT2D eigenvalue weighted by molar-refractivity contribution is 4.32. The van der Waals surface area contributed by atoms with Crippen LogP contribution in [-0.4, -0.2) is 104 Å². The lowest BCUT2D eigenvalue weighted by molar-refractivity contribution is 0.0106. The Morgan fingerprint density at radius 1 is 0.455 bits per heavy atom. The van der Waals surface area contributed by atoms with E-state index >= 15 is 0 Å². The Morgan fingerprint density at radius 2 is 0.727 bits per heavy atom. The van der Waals surface area contributed by atoms with Gasteiger partial charge >= 0.3 is 0 Å². The van der Waals surface area contributed by atoms with Gasteiger partial charge in [-0.2, -0.15) is 0 Å². The van der Waals surface area contributed by atoms with Gasteiger partial charge < -0.3 is 38.6 Å². The van der Waals surface area contributed by atoms with Gasteiger partial charge in [0.2, 0.25) is 0 Å². The molecule has 22 heavy (non-hydrogen) atoms. The zero-order valence-electron chi connectivity index (χ0n) is 13.8. The molecule has 0 unspecified atom stereocenters. The number of aliphatic hydroxyl groups excluding tert-OH is 2. The number of hydrogen-bond acceptors (Lipinski definition) is 8. The van der Waals surface area contributed by atoms with Crippen LogP contribution in [0, 0.1) is 0 Å². The Morgan fingerprint density at radius 3 is 1.00 bits per heavy atom. The van der Waals surface area contributed by atoms with Gasteiger partial charge in [0.05, 0.1) is 79.3 Å². The molecule has 0 spiro atoms. The molecule has 136 valence electrons. The molecule has 0 aliphatic carbocycles. The van der Waals surface area contributed by atoms with Crippen molar-refractivity contribution >= 4 is 0 Å². The fourth-order valence-electron chi connectivity index (χ4n) is 1.06. The molecule has 2 N–H and O–H groups in total. The molecule has 0 aromatic rings. The van der Waals surface area contributed by atoms with Crippen LogP contribution in [0.5, 0.6) is 0 Å². The van der Waals surface area contributed by atoms with E-state index in [-0.39, 0.29) is 13.2 Å². The number of aliphatic hydroxyl groups is 2. The van der Waals surface area contributed by atoms with Crippen LogP contribution in [0.2, 0.25) is 0 Å². The molecule has 0 aliphatic heterocycles. The molecule has 0 fully saturated rings. The van der Waals surface area contributed by atoms with E-state index in [4.69, 9.17) is 38.6 Å². The van der Waals surface area contributed by atoms with E-state index < -0.39 is 0 Å². The van der Waals surface area contributed by atoms with Crippen molar-refractivity contribution in [2.45, 2.75) is 0 Å². The van der Waals surface area contributed by atoms with Crippen molar-refractivity contribution in [1.29, 1.82) is 0 Å². The molecule has 0 aliphatic rings. The quantitative estimate of drug-likeness (QED) is 0.360. The van der Waals surface area contributed by atoms with Crippen LogP contribution >= 0.6 is 0 Å². The smallest absolute Gasteiger partial charge is 0.0701 e. The highest BCUT2D eigenvalue weighted by Crippen LogP contribution is 1.80. The van der Waals surface area contributed by atoms with E-state index in [9.17, 15) is 0 Å². The standard InChI is InChI=1S/C8H18O4.C6H14O4/c1-9-3-5-11-7-8-12-6-4-10-2;7-1-3-9-5-6-10-4-2-8/h3-8H2,1-2H3;7-8H,1-6H2. The van der Waals surface area contributed by atoms with E-state index in [2.05, 4.69) is 0 Å². The second-order valence-electron chi connectivity index (χ2n) is 3.88. The van der Waals surface area contributed by atoms with Gasteiger partial charge in [-0.15, -0.1) is 0 Å². The summed E-state index contributed by atoms with van der Waals surface area (Å²) in [6.07, 6.45) is 0. The van der Waals surface area contributed by atoms with Gasteiger partial charge in [-0.05, 0) is 0 Å². The lowest BCUT2D eigenvalue weighted by Gasteiger charge is -2.04. The minimum Gasteiger partial charge on any atom is -0.394 e. The second-order valence-corrected chi connectivity index (χ2v) is 3.88. The highest BCUT2D eigenvalue weighted by Gasteiger charge is 1.89. The van der Waals surface area contributed by atoms with E-state index in [1.54, 1.807) is 14.2 Å². The minimum atomic E-state index is 0.0417. The molecule has 0 atom stereocenters. The van der Waals surface area contributed by atoms with E-state index in [0.717, 1.165) is 0 Å². The van der Waals surface area contributed by atoms with Gasteiger partial charge in [0, 0.05) is 14.2 Å². The van der Waals surface area contributed by atoms with Crippen LogP contribution in [0.25, 0.3) is 0 Å². The number of methoxy groups -OCH3 is 2. The average Bonchev–Trinajstić information content (AvgIpc) is 2.54. The first-order chi connectivity index (χ1) is 10.8. The monoisotopic (exact) mass is 328 g/mol. The predicted molar refractivity (Wildman–Crippen MR) is 81.2 cm³/mol. The maximum Gasteiger partial charge on any atom is 0.0701 e. The Labute approximate surface area is 133 Å². The van der Waals surface area contributed by atoms with Crippen LogP contribution in [-0.2, 0) is 28.4 Å². The third-order valence-electron chi connectivity index (χ3n) is 2.08.